The Balaban J connectivity index is 1.33. The van der Waals surface area contributed by atoms with Gasteiger partial charge in [-0.3, -0.25) is 0 Å². The van der Waals surface area contributed by atoms with Gasteiger partial charge in [0.2, 0.25) is 5.88 Å². The summed E-state index contributed by atoms with van der Waals surface area (Å²) >= 11 is 0. The summed E-state index contributed by atoms with van der Waals surface area (Å²) in [6.07, 6.45) is 1.96. The normalized spacial score (nSPS) is 13.7. The van der Waals surface area contributed by atoms with Gasteiger partial charge in [-0.2, -0.15) is 13.2 Å². The Labute approximate surface area is 256 Å². The number of methoxy groups -OCH3 is 2. The Morgan fingerprint density at radius 3 is 2.38 bits per heavy atom. The Hall–Kier alpha value is -5.00. The van der Waals surface area contributed by atoms with Crippen molar-refractivity contribution in [1.82, 2.24) is 34.1 Å². The third-order valence-corrected chi connectivity index (χ3v) is 8.16. The minimum Gasteiger partial charge on any atom is -0.497 e. The summed E-state index contributed by atoms with van der Waals surface area (Å²) in [6, 6.07) is 13.1. The van der Waals surface area contributed by atoms with Crippen LogP contribution in [-0.2, 0) is 12.7 Å². The fourth-order valence-electron chi connectivity index (χ4n) is 5.75. The topological polar surface area (TPSA) is 92.8 Å². The summed E-state index contributed by atoms with van der Waals surface area (Å²) in [7, 11) is 3.20. The number of ether oxygens (including phenoxy) is 2. The lowest BCUT2D eigenvalue weighted by Gasteiger charge is -2.13. The predicted molar refractivity (Wildman–Crippen MR) is 163 cm³/mol. The summed E-state index contributed by atoms with van der Waals surface area (Å²) in [5.41, 5.74) is 3.82. The molecule has 9 nitrogen and oxygen atoms in total. The summed E-state index contributed by atoms with van der Waals surface area (Å²) in [5, 5.41) is 1.83. The first kappa shape index (κ1) is 28.8. The van der Waals surface area contributed by atoms with Crippen molar-refractivity contribution in [2.75, 3.05) is 14.2 Å². The number of halogens is 3. The fourth-order valence-corrected chi connectivity index (χ4v) is 5.75. The first-order valence-electron chi connectivity index (χ1n) is 14.6. The van der Waals surface area contributed by atoms with Crippen LogP contribution in [0.5, 0.6) is 11.6 Å². The molecule has 1 aliphatic carbocycles. The number of nitrogens with zero attached hydrogens (tertiary/aromatic N) is 7. The second kappa shape index (κ2) is 10.9. The second-order valence-electron chi connectivity index (χ2n) is 11.5. The number of hydrogen-bond donors (Lipinski definition) is 0. The van der Waals surface area contributed by atoms with Crippen molar-refractivity contribution in [3.63, 3.8) is 0 Å². The number of fused-ring (bicyclic) bond motifs is 3. The molecule has 45 heavy (non-hydrogen) atoms. The average Bonchev–Trinajstić information content (AvgIpc) is 3.71. The minimum absolute atomic E-state index is 0.196. The molecule has 0 aliphatic heterocycles. The molecular formula is C33H30F3N7O2. The van der Waals surface area contributed by atoms with Crippen molar-refractivity contribution in [2.45, 2.75) is 51.4 Å². The van der Waals surface area contributed by atoms with E-state index in [1.54, 1.807) is 30.9 Å². The van der Waals surface area contributed by atoms with Crippen LogP contribution in [0, 0.1) is 0 Å². The highest BCUT2D eigenvalue weighted by atomic mass is 19.4. The highest BCUT2D eigenvalue weighted by molar-refractivity contribution is 6.07. The monoisotopic (exact) mass is 613 g/mol. The van der Waals surface area contributed by atoms with Crippen LogP contribution in [0.4, 0.5) is 13.2 Å². The lowest BCUT2D eigenvalue weighted by atomic mass is 10.1. The summed E-state index contributed by atoms with van der Waals surface area (Å²) in [4.78, 5) is 22.7. The smallest absolute Gasteiger partial charge is 0.434 e. The Morgan fingerprint density at radius 2 is 1.71 bits per heavy atom. The van der Waals surface area contributed by atoms with Gasteiger partial charge >= 0.3 is 6.18 Å². The third kappa shape index (κ3) is 5.13. The molecule has 6 aromatic rings. The Kier molecular flexibility index (Phi) is 6.94. The number of rotatable bonds is 8. The van der Waals surface area contributed by atoms with Crippen LogP contribution in [0.3, 0.4) is 0 Å². The molecule has 0 spiro atoms. The maximum Gasteiger partial charge on any atom is 0.434 e. The number of aromatic nitrogens is 7. The van der Waals surface area contributed by atoms with Crippen LogP contribution < -0.4 is 9.47 Å². The maximum absolute atomic E-state index is 13.5. The average molecular weight is 614 g/mol. The molecule has 12 heteroatoms. The molecule has 1 aliphatic rings. The molecule has 0 amide bonds. The molecule has 1 saturated carbocycles. The lowest BCUT2D eigenvalue weighted by Crippen LogP contribution is -2.05. The zero-order valence-electron chi connectivity index (χ0n) is 25.1. The van der Waals surface area contributed by atoms with Gasteiger partial charge in [0.05, 0.1) is 25.4 Å². The van der Waals surface area contributed by atoms with Gasteiger partial charge in [0.25, 0.3) is 0 Å². The van der Waals surface area contributed by atoms with Crippen LogP contribution in [0.1, 0.15) is 55.6 Å². The first-order valence-corrected chi connectivity index (χ1v) is 14.6. The highest BCUT2D eigenvalue weighted by Crippen LogP contribution is 2.45. The van der Waals surface area contributed by atoms with E-state index in [4.69, 9.17) is 19.4 Å². The van der Waals surface area contributed by atoms with Crippen LogP contribution in [0.25, 0.3) is 44.7 Å². The molecular weight excluding hydrogens is 583 g/mol. The standard InChI is InChI=1S/C33H30F3N7O2/c1-18(2)42-16-26(33(34,35)36)40-30(42)21-7-5-19(6-8-21)15-43-25-13-22(44-3)11-12-23(25)24-14-37-29(41-31(24)43)27-28(20-9-10-20)38-17-39-32(27)45-4/h5-8,11-14,16-18,20H,9-10,15H2,1-4H3. The molecule has 0 bridgehead atoms. The largest absolute Gasteiger partial charge is 0.497 e. The maximum atomic E-state index is 13.5. The van der Waals surface area contributed by atoms with E-state index in [1.807, 2.05) is 50.4 Å². The molecule has 0 N–H and O–H groups in total. The number of imidazole rings is 1. The number of alkyl halides is 3. The molecule has 0 radical (unpaired) electrons. The molecule has 0 saturated heterocycles. The van der Waals surface area contributed by atoms with E-state index in [-0.39, 0.29) is 11.9 Å². The van der Waals surface area contributed by atoms with Gasteiger partial charge in [-0.15, -0.1) is 0 Å². The molecule has 4 aromatic heterocycles. The number of hydrogen-bond acceptors (Lipinski definition) is 7. The fraction of sp³-hybridized carbons (Fsp3) is 0.303. The zero-order valence-corrected chi connectivity index (χ0v) is 25.1. The van der Waals surface area contributed by atoms with E-state index in [1.165, 1.54) is 6.33 Å². The minimum atomic E-state index is -4.53. The molecule has 4 heterocycles. The van der Waals surface area contributed by atoms with E-state index in [9.17, 15) is 13.2 Å². The molecule has 2 aromatic carbocycles. The summed E-state index contributed by atoms with van der Waals surface area (Å²) in [5.74, 6) is 2.20. The zero-order chi connectivity index (χ0) is 31.5. The molecule has 1 fully saturated rings. The van der Waals surface area contributed by atoms with Crippen molar-refractivity contribution in [3.05, 3.63) is 78.1 Å². The summed E-state index contributed by atoms with van der Waals surface area (Å²) in [6.45, 7) is 4.10. The predicted octanol–water partition coefficient (Wildman–Crippen LogP) is 7.45. The van der Waals surface area contributed by atoms with Crippen LogP contribution in [-0.4, -0.2) is 48.3 Å². The lowest BCUT2D eigenvalue weighted by molar-refractivity contribution is -0.140. The van der Waals surface area contributed by atoms with E-state index in [0.717, 1.165) is 46.6 Å². The summed E-state index contributed by atoms with van der Waals surface area (Å²) < 4.78 is 55.2. The van der Waals surface area contributed by atoms with E-state index in [0.29, 0.717) is 46.7 Å². The van der Waals surface area contributed by atoms with Gasteiger partial charge in [-0.1, -0.05) is 24.3 Å². The third-order valence-electron chi connectivity index (χ3n) is 8.16. The van der Waals surface area contributed by atoms with Crippen LogP contribution in [0.15, 0.2) is 61.2 Å². The Morgan fingerprint density at radius 1 is 0.933 bits per heavy atom. The van der Waals surface area contributed by atoms with Crippen LogP contribution >= 0.6 is 0 Å². The van der Waals surface area contributed by atoms with E-state index in [2.05, 4.69) is 19.5 Å². The molecule has 0 atom stereocenters. The quantitative estimate of drug-likeness (QED) is 0.176. The highest BCUT2D eigenvalue weighted by Gasteiger charge is 2.35. The first-order chi connectivity index (χ1) is 21.7. The Bertz CT molecular complexity index is 2040. The molecule has 0 unspecified atom stereocenters. The van der Waals surface area contributed by atoms with Gasteiger partial charge in [-0.25, -0.2) is 24.9 Å². The van der Waals surface area contributed by atoms with E-state index < -0.39 is 11.9 Å². The van der Waals surface area contributed by atoms with Gasteiger partial charge in [0.15, 0.2) is 11.5 Å². The van der Waals surface area contributed by atoms with Gasteiger partial charge in [0.1, 0.15) is 29.1 Å². The van der Waals surface area contributed by atoms with Crippen molar-refractivity contribution < 1.29 is 22.6 Å². The van der Waals surface area contributed by atoms with Crippen LogP contribution in [0.2, 0.25) is 0 Å². The van der Waals surface area contributed by atoms with Crippen molar-refractivity contribution in [2.24, 2.45) is 0 Å². The second-order valence-corrected chi connectivity index (χ2v) is 11.5. The van der Waals surface area contributed by atoms with Crippen molar-refractivity contribution in [1.29, 1.82) is 0 Å². The molecule has 7 rings (SSSR count). The van der Waals surface area contributed by atoms with Gasteiger partial charge in [-0.05, 0) is 44.4 Å². The van der Waals surface area contributed by atoms with E-state index >= 15 is 0 Å². The SMILES string of the molecule is COc1ccc2c3cnc(-c4c(OC)ncnc4C4CC4)nc3n(Cc3ccc(-c4nc(C(F)(F)F)cn4C(C)C)cc3)c2c1. The van der Waals surface area contributed by atoms with Gasteiger partial charge < -0.3 is 18.6 Å². The molecule has 230 valence electrons. The van der Waals surface area contributed by atoms with Gasteiger partial charge in [0, 0.05) is 53.3 Å². The van der Waals surface area contributed by atoms with Crippen molar-refractivity contribution in [3.8, 4) is 34.4 Å². The van der Waals surface area contributed by atoms with Crippen molar-refractivity contribution >= 4 is 21.9 Å². The number of benzene rings is 2.